The van der Waals surface area contributed by atoms with E-state index in [0.29, 0.717) is 27.6 Å². The largest absolute Gasteiger partial charge is 0.334 e. The van der Waals surface area contributed by atoms with Crippen molar-refractivity contribution < 1.29 is 4.79 Å². The molecule has 2 aliphatic heterocycles. The van der Waals surface area contributed by atoms with Gasteiger partial charge in [-0.15, -0.1) is 0 Å². The Morgan fingerprint density at radius 3 is 2.72 bits per heavy atom. The molecule has 2 aliphatic rings. The summed E-state index contributed by atoms with van der Waals surface area (Å²) in [5.41, 5.74) is 2.19. The number of nitrogens with one attached hydrogen (secondary N) is 1. The van der Waals surface area contributed by atoms with E-state index >= 15 is 0 Å². The molecule has 0 saturated carbocycles. The van der Waals surface area contributed by atoms with Crippen LogP contribution in [-0.2, 0) is 11.2 Å². The first-order chi connectivity index (χ1) is 15.6. The first kappa shape index (κ1) is 21.1. The lowest BCUT2D eigenvalue weighted by molar-refractivity contribution is -0.122. The van der Waals surface area contributed by atoms with E-state index in [1.807, 2.05) is 36.4 Å². The number of carbonyl (C=O) groups excluding carboxylic acids is 1. The van der Waals surface area contributed by atoms with Crippen molar-refractivity contribution in [3.63, 3.8) is 0 Å². The van der Waals surface area contributed by atoms with Crippen molar-refractivity contribution in [2.75, 3.05) is 18.0 Å². The van der Waals surface area contributed by atoms with Gasteiger partial charge in [0.2, 0.25) is 5.95 Å². The first-order valence-electron chi connectivity index (χ1n) is 10.1. The Bertz CT molecular complexity index is 1210. The number of amidine groups is 1. The van der Waals surface area contributed by atoms with Gasteiger partial charge in [0, 0.05) is 23.0 Å². The monoisotopic (exact) mass is 482 g/mol. The molecule has 1 amide bonds. The minimum atomic E-state index is -0.0518. The van der Waals surface area contributed by atoms with E-state index in [2.05, 4.69) is 44.1 Å². The molecule has 5 rings (SSSR count). The molecule has 1 saturated heterocycles. The van der Waals surface area contributed by atoms with Crippen molar-refractivity contribution in [2.45, 2.75) is 18.2 Å². The zero-order chi connectivity index (χ0) is 22.1. The SMILES string of the molecule is CCN1C(=C2SC(=Nc3ncn[nH]3)N(CCc3ccccc3)C2=O)Sc2ccc(Cl)cc21. The number of nitrogens with zero attached hydrogens (tertiary/aromatic N) is 5. The van der Waals surface area contributed by atoms with E-state index in [0.717, 1.165) is 34.1 Å². The molecule has 162 valence electrons. The number of hydrogen-bond acceptors (Lipinski definition) is 7. The summed E-state index contributed by atoms with van der Waals surface area (Å²) in [6, 6.07) is 15.9. The van der Waals surface area contributed by atoms with Gasteiger partial charge >= 0.3 is 0 Å². The Balaban J connectivity index is 1.50. The lowest BCUT2D eigenvalue weighted by Crippen LogP contribution is -2.32. The van der Waals surface area contributed by atoms with Gasteiger partial charge in [0.05, 0.1) is 5.69 Å². The van der Waals surface area contributed by atoms with Crippen LogP contribution in [0.4, 0.5) is 11.6 Å². The van der Waals surface area contributed by atoms with Crippen LogP contribution in [0.15, 0.2) is 74.7 Å². The Kier molecular flexibility index (Phi) is 5.95. The minimum Gasteiger partial charge on any atom is -0.334 e. The summed E-state index contributed by atoms with van der Waals surface area (Å²) in [7, 11) is 0. The highest BCUT2D eigenvalue weighted by molar-refractivity contribution is 8.19. The number of amides is 1. The summed E-state index contributed by atoms with van der Waals surface area (Å²) < 4.78 is 0. The van der Waals surface area contributed by atoms with E-state index < -0.39 is 0 Å². The molecule has 10 heteroatoms. The molecule has 1 aromatic heterocycles. The van der Waals surface area contributed by atoms with Gasteiger partial charge in [-0.3, -0.25) is 9.69 Å². The van der Waals surface area contributed by atoms with E-state index in [-0.39, 0.29) is 5.91 Å². The first-order valence-corrected chi connectivity index (χ1v) is 12.1. The highest BCUT2D eigenvalue weighted by Gasteiger charge is 2.39. The zero-order valence-corrected chi connectivity index (χ0v) is 19.5. The Hall–Kier alpha value is -2.75. The van der Waals surface area contributed by atoms with Crippen LogP contribution in [0.25, 0.3) is 0 Å². The number of H-pyrrole nitrogens is 1. The average molecular weight is 483 g/mol. The van der Waals surface area contributed by atoms with Gasteiger partial charge in [-0.2, -0.15) is 15.1 Å². The molecule has 3 heterocycles. The van der Waals surface area contributed by atoms with Crippen LogP contribution in [0, 0.1) is 0 Å². The maximum absolute atomic E-state index is 13.6. The highest BCUT2D eigenvalue weighted by Crippen LogP contribution is 2.51. The van der Waals surface area contributed by atoms with Gasteiger partial charge in [0.15, 0.2) is 5.17 Å². The van der Waals surface area contributed by atoms with Crippen molar-refractivity contribution in [3.8, 4) is 0 Å². The number of halogens is 1. The molecule has 32 heavy (non-hydrogen) atoms. The van der Waals surface area contributed by atoms with Crippen molar-refractivity contribution in [3.05, 3.63) is 75.4 Å². The molecule has 0 unspecified atom stereocenters. The van der Waals surface area contributed by atoms with E-state index in [4.69, 9.17) is 11.6 Å². The second-order valence-corrected chi connectivity index (χ2v) is 9.54. The van der Waals surface area contributed by atoms with Crippen LogP contribution in [0.1, 0.15) is 12.5 Å². The van der Waals surface area contributed by atoms with Gasteiger partial charge in [-0.05, 0) is 48.9 Å². The molecule has 1 fully saturated rings. The number of carbonyl (C=O) groups is 1. The van der Waals surface area contributed by atoms with Gasteiger partial charge < -0.3 is 4.90 Å². The van der Waals surface area contributed by atoms with Crippen molar-refractivity contribution in [2.24, 2.45) is 4.99 Å². The maximum Gasteiger partial charge on any atom is 0.269 e. The van der Waals surface area contributed by atoms with Gasteiger partial charge in [0.1, 0.15) is 16.3 Å². The molecule has 0 atom stereocenters. The predicted molar refractivity (Wildman–Crippen MR) is 130 cm³/mol. The summed E-state index contributed by atoms with van der Waals surface area (Å²) in [4.78, 5) is 27.9. The van der Waals surface area contributed by atoms with Gasteiger partial charge in [-0.1, -0.05) is 53.7 Å². The highest BCUT2D eigenvalue weighted by atomic mass is 35.5. The summed E-state index contributed by atoms with van der Waals surface area (Å²) in [5.74, 6) is 0.321. The molecular formula is C22H19ClN6OS2. The molecule has 0 radical (unpaired) electrons. The van der Waals surface area contributed by atoms with Gasteiger partial charge in [-0.25, -0.2) is 5.10 Å². The lowest BCUT2D eigenvalue weighted by atomic mass is 10.1. The van der Waals surface area contributed by atoms with E-state index in [1.165, 1.54) is 18.1 Å². The number of aliphatic imine (C=N–C) groups is 1. The summed E-state index contributed by atoms with van der Waals surface area (Å²) in [6.45, 7) is 3.32. The summed E-state index contributed by atoms with van der Waals surface area (Å²) >= 11 is 9.21. The number of rotatable bonds is 5. The standard InChI is InChI=1S/C22H19ClN6OS2/c1-2-28-16-12-15(23)8-9-17(16)31-20(28)18-19(30)29(11-10-14-6-4-3-5-7-14)22(32-18)26-21-24-13-25-27-21/h3-9,12-13H,2,10-11H2,1H3,(H,24,25,27). The smallest absolute Gasteiger partial charge is 0.269 e. The number of fused-ring (bicyclic) bond motifs is 1. The predicted octanol–water partition coefficient (Wildman–Crippen LogP) is 5.07. The van der Waals surface area contributed by atoms with Gasteiger partial charge in [0.25, 0.3) is 5.91 Å². The van der Waals surface area contributed by atoms with Crippen molar-refractivity contribution >= 4 is 57.8 Å². The third-order valence-electron chi connectivity index (χ3n) is 5.11. The van der Waals surface area contributed by atoms with Crippen molar-refractivity contribution in [1.29, 1.82) is 0 Å². The molecular weight excluding hydrogens is 464 g/mol. The second kappa shape index (κ2) is 9.01. The number of aromatic nitrogens is 3. The molecule has 7 nitrogen and oxygen atoms in total. The topological polar surface area (TPSA) is 77.5 Å². The van der Waals surface area contributed by atoms with E-state index in [1.54, 1.807) is 16.7 Å². The van der Waals surface area contributed by atoms with E-state index in [9.17, 15) is 4.79 Å². The fourth-order valence-electron chi connectivity index (χ4n) is 3.58. The summed E-state index contributed by atoms with van der Waals surface area (Å²) in [5, 5.41) is 8.80. The molecule has 0 aliphatic carbocycles. The zero-order valence-electron chi connectivity index (χ0n) is 17.2. The van der Waals surface area contributed by atoms with Crippen LogP contribution in [0.5, 0.6) is 0 Å². The Labute approximate surface area is 199 Å². The second-order valence-electron chi connectivity index (χ2n) is 7.09. The Morgan fingerprint density at radius 1 is 1.12 bits per heavy atom. The van der Waals surface area contributed by atoms with Crippen LogP contribution in [-0.4, -0.2) is 44.2 Å². The van der Waals surface area contributed by atoms with Crippen LogP contribution >= 0.6 is 35.1 Å². The van der Waals surface area contributed by atoms with Crippen LogP contribution in [0.2, 0.25) is 5.02 Å². The molecule has 3 aromatic rings. The van der Waals surface area contributed by atoms with Crippen LogP contribution in [0.3, 0.4) is 0 Å². The number of thioether (sulfide) groups is 2. The molecule has 0 spiro atoms. The minimum absolute atomic E-state index is 0.0518. The number of benzene rings is 2. The third-order valence-corrected chi connectivity index (χ3v) is 7.72. The lowest BCUT2D eigenvalue weighted by Gasteiger charge is -2.19. The fraction of sp³-hybridized carbons (Fsp3) is 0.182. The third kappa shape index (κ3) is 4.03. The number of anilines is 1. The van der Waals surface area contributed by atoms with Crippen LogP contribution < -0.4 is 4.90 Å². The quantitative estimate of drug-likeness (QED) is 0.512. The van der Waals surface area contributed by atoms with Crippen molar-refractivity contribution in [1.82, 2.24) is 20.1 Å². The number of aromatic amines is 1. The molecule has 0 bridgehead atoms. The number of hydrogen-bond donors (Lipinski definition) is 1. The molecule has 1 N–H and O–H groups in total. The summed E-state index contributed by atoms with van der Waals surface area (Å²) in [6.07, 6.45) is 2.13. The Morgan fingerprint density at radius 2 is 1.97 bits per heavy atom. The molecule has 2 aromatic carbocycles. The maximum atomic E-state index is 13.6. The normalized spacial score (nSPS) is 19.3. The fourth-order valence-corrected chi connectivity index (χ4v) is 6.13. The average Bonchev–Trinajstić information content (AvgIpc) is 3.51.